The van der Waals surface area contributed by atoms with Gasteiger partial charge in [0.1, 0.15) is 0 Å². The topological polar surface area (TPSA) is 92.5 Å². The first-order valence-electron chi connectivity index (χ1n) is 5.15. The Morgan fingerprint density at radius 1 is 1.35 bits per heavy atom. The Morgan fingerprint density at radius 3 is 2.29 bits per heavy atom. The Morgan fingerprint density at radius 2 is 1.88 bits per heavy atom. The number of anilines is 1. The second-order valence-corrected chi connectivity index (χ2v) is 3.86. The van der Waals surface area contributed by atoms with E-state index in [0.29, 0.717) is 5.69 Å². The fourth-order valence-electron chi connectivity index (χ4n) is 1.28. The molecule has 2 unspecified atom stereocenters. The third kappa shape index (κ3) is 3.44. The van der Waals surface area contributed by atoms with E-state index in [2.05, 4.69) is 5.32 Å². The fourth-order valence-corrected chi connectivity index (χ4v) is 1.28. The maximum atomic E-state index is 10.7. The number of hydrogen-bond donors (Lipinski definition) is 2. The lowest BCUT2D eigenvalue weighted by atomic mass is 10.0. The summed E-state index contributed by atoms with van der Waals surface area (Å²) in [5.74, 6) is -1.42. The second kappa shape index (κ2) is 5.29. The molecule has 92 valence electrons. The van der Waals surface area contributed by atoms with Crippen LogP contribution in [0, 0.1) is 16.0 Å². The summed E-state index contributed by atoms with van der Waals surface area (Å²) in [6.07, 6.45) is 0. The van der Waals surface area contributed by atoms with E-state index in [4.69, 9.17) is 5.11 Å². The van der Waals surface area contributed by atoms with Gasteiger partial charge in [-0.15, -0.1) is 0 Å². The Kier molecular flexibility index (Phi) is 4.03. The van der Waals surface area contributed by atoms with Crippen molar-refractivity contribution in [2.45, 2.75) is 19.9 Å². The van der Waals surface area contributed by atoms with E-state index in [1.807, 2.05) is 0 Å². The largest absolute Gasteiger partial charge is 0.481 e. The van der Waals surface area contributed by atoms with Gasteiger partial charge in [-0.05, 0) is 26.0 Å². The lowest BCUT2D eigenvalue weighted by Gasteiger charge is -2.18. The van der Waals surface area contributed by atoms with Gasteiger partial charge in [-0.2, -0.15) is 0 Å². The van der Waals surface area contributed by atoms with Crippen molar-refractivity contribution in [1.82, 2.24) is 0 Å². The van der Waals surface area contributed by atoms with Crippen LogP contribution in [-0.4, -0.2) is 22.0 Å². The van der Waals surface area contributed by atoms with Gasteiger partial charge in [-0.25, -0.2) is 0 Å². The Balaban J connectivity index is 2.69. The minimum absolute atomic E-state index is 0.00878. The molecule has 1 aromatic rings. The molecule has 0 bridgehead atoms. The van der Waals surface area contributed by atoms with E-state index in [1.54, 1.807) is 26.0 Å². The highest BCUT2D eigenvalue weighted by atomic mass is 16.6. The summed E-state index contributed by atoms with van der Waals surface area (Å²) >= 11 is 0. The van der Waals surface area contributed by atoms with Crippen molar-refractivity contribution in [2.24, 2.45) is 5.92 Å². The van der Waals surface area contributed by atoms with Crippen molar-refractivity contribution < 1.29 is 14.8 Å². The van der Waals surface area contributed by atoms with Gasteiger partial charge in [-0.3, -0.25) is 14.9 Å². The predicted octanol–water partition coefficient (Wildman–Crippen LogP) is 2.12. The second-order valence-electron chi connectivity index (χ2n) is 3.86. The molecule has 0 amide bonds. The zero-order valence-electron chi connectivity index (χ0n) is 9.58. The smallest absolute Gasteiger partial charge is 0.308 e. The molecule has 2 N–H and O–H groups in total. The van der Waals surface area contributed by atoms with Crippen LogP contribution in [0.3, 0.4) is 0 Å². The molecule has 0 radical (unpaired) electrons. The molecule has 0 fully saturated rings. The number of non-ortho nitro benzene ring substituents is 1. The minimum atomic E-state index is -0.882. The molecule has 0 aliphatic carbocycles. The number of nitrogens with one attached hydrogen (secondary N) is 1. The normalized spacial score (nSPS) is 13.8. The van der Waals surface area contributed by atoms with Crippen LogP contribution in [-0.2, 0) is 4.79 Å². The number of aliphatic carboxylic acids is 1. The molecule has 0 aliphatic rings. The SMILES string of the molecule is CC(Nc1ccc([N+](=O)[O-])cc1)C(C)C(=O)O. The summed E-state index contributed by atoms with van der Waals surface area (Å²) in [6.45, 7) is 3.35. The maximum absolute atomic E-state index is 10.7. The van der Waals surface area contributed by atoms with Crippen LogP contribution in [0.15, 0.2) is 24.3 Å². The minimum Gasteiger partial charge on any atom is -0.481 e. The van der Waals surface area contributed by atoms with Crippen LogP contribution in [0.1, 0.15) is 13.8 Å². The first-order chi connectivity index (χ1) is 7.91. The number of carboxylic acid groups (broad SMARTS) is 1. The first-order valence-corrected chi connectivity index (χ1v) is 5.15. The quantitative estimate of drug-likeness (QED) is 0.605. The van der Waals surface area contributed by atoms with Crippen LogP contribution in [0.4, 0.5) is 11.4 Å². The molecule has 6 heteroatoms. The van der Waals surface area contributed by atoms with Crippen LogP contribution >= 0.6 is 0 Å². The van der Waals surface area contributed by atoms with Crippen molar-refractivity contribution >= 4 is 17.3 Å². The summed E-state index contributed by atoms with van der Waals surface area (Å²) in [5, 5.41) is 22.2. The molecule has 0 saturated heterocycles. The molecule has 1 aromatic carbocycles. The zero-order chi connectivity index (χ0) is 13.0. The molecule has 0 aromatic heterocycles. The maximum Gasteiger partial charge on any atom is 0.308 e. The molecule has 0 saturated carbocycles. The number of carbonyl (C=O) groups is 1. The summed E-state index contributed by atoms with van der Waals surface area (Å²) in [7, 11) is 0. The molecule has 2 atom stereocenters. The third-order valence-electron chi connectivity index (χ3n) is 2.61. The molecule has 1 rings (SSSR count). The Hall–Kier alpha value is -2.11. The van der Waals surface area contributed by atoms with Crippen molar-refractivity contribution in [1.29, 1.82) is 0 Å². The van der Waals surface area contributed by atoms with Crippen molar-refractivity contribution in [2.75, 3.05) is 5.32 Å². The fraction of sp³-hybridized carbons (Fsp3) is 0.364. The average Bonchev–Trinajstić information content (AvgIpc) is 2.28. The lowest BCUT2D eigenvalue weighted by molar-refractivity contribution is -0.384. The monoisotopic (exact) mass is 238 g/mol. The highest BCUT2D eigenvalue weighted by Crippen LogP contribution is 2.17. The number of rotatable bonds is 5. The van der Waals surface area contributed by atoms with E-state index in [9.17, 15) is 14.9 Å². The lowest BCUT2D eigenvalue weighted by Crippen LogP contribution is -2.29. The van der Waals surface area contributed by atoms with E-state index in [1.165, 1.54) is 12.1 Å². The van der Waals surface area contributed by atoms with Gasteiger partial charge in [0.2, 0.25) is 0 Å². The predicted molar refractivity (Wildman–Crippen MR) is 63.0 cm³/mol. The number of nitrogens with zero attached hydrogens (tertiary/aromatic N) is 1. The number of nitro benzene ring substituents is 1. The van der Waals surface area contributed by atoms with E-state index in [0.717, 1.165) is 0 Å². The van der Waals surface area contributed by atoms with Crippen molar-refractivity contribution in [3.05, 3.63) is 34.4 Å². The van der Waals surface area contributed by atoms with Gasteiger partial charge in [0.15, 0.2) is 0 Å². The number of nitro groups is 1. The molecule has 0 heterocycles. The summed E-state index contributed by atoms with van der Waals surface area (Å²) in [4.78, 5) is 20.7. The summed E-state index contributed by atoms with van der Waals surface area (Å²) in [6, 6.07) is 5.61. The van der Waals surface area contributed by atoms with Crippen LogP contribution in [0.5, 0.6) is 0 Å². The highest BCUT2D eigenvalue weighted by molar-refractivity contribution is 5.71. The summed E-state index contributed by atoms with van der Waals surface area (Å²) < 4.78 is 0. The zero-order valence-corrected chi connectivity index (χ0v) is 9.58. The van der Waals surface area contributed by atoms with Gasteiger partial charge < -0.3 is 10.4 Å². The van der Waals surface area contributed by atoms with Gasteiger partial charge in [0.05, 0.1) is 10.8 Å². The molecule has 17 heavy (non-hydrogen) atoms. The number of benzene rings is 1. The van der Waals surface area contributed by atoms with Crippen LogP contribution in [0.2, 0.25) is 0 Å². The van der Waals surface area contributed by atoms with Crippen LogP contribution < -0.4 is 5.32 Å². The highest BCUT2D eigenvalue weighted by Gasteiger charge is 2.19. The summed E-state index contributed by atoms with van der Waals surface area (Å²) in [5.41, 5.74) is 0.672. The Labute approximate surface area is 98.4 Å². The molecule has 6 nitrogen and oxygen atoms in total. The van der Waals surface area contributed by atoms with Gasteiger partial charge in [-0.1, -0.05) is 0 Å². The van der Waals surface area contributed by atoms with Gasteiger partial charge in [0.25, 0.3) is 5.69 Å². The molecule has 0 spiro atoms. The molecule has 0 aliphatic heterocycles. The number of carboxylic acids is 1. The average molecular weight is 238 g/mol. The number of hydrogen-bond acceptors (Lipinski definition) is 4. The van der Waals surface area contributed by atoms with E-state index < -0.39 is 16.8 Å². The van der Waals surface area contributed by atoms with E-state index in [-0.39, 0.29) is 11.7 Å². The van der Waals surface area contributed by atoms with Gasteiger partial charge >= 0.3 is 5.97 Å². The first kappa shape index (κ1) is 13.0. The third-order valence-corrected chi connectivity index (χ3v) is 2.61. The van der Waals surface area contributed by atoms with Crippen molar-refractivity contribution in [3.63, 3.8) is 0 Å². The van der Waals surface area contributed by atoms with Crippen LogP contribution in [0.25, 0.3) is 0 Å². The van der Waals surface area contributed by atoms with Gasteiger partial charge in [0, 0.05) is 23.9 Å². The Bertz CT molecular complexity index is 416. The van der Waals surface area contributed by atoms with E-state index >= 15 is 0 Å². The standard InChI is InChI=1S/C11H14N2O4/c1-7(11(14)15)8(2)12-9-3-5-10(6-4-9)13(16)17/h3-8,12H,1-2H3,(H,14,15). The van der Waals surface area contributed by atoms with Crippen molar-refractivity contribution in [3.8, 4) is 0 Å². The molecular weight excluding hydrogens is 224 g/mol. The molecular formula is C11H14N2O4.